The quantitative estimate of drug-likeness (QED) is 0.165. The molecule has 0 unspecified atom stereocenters. The number of hydrogen-bond acceptors (Lipinski definition) is 1. The van der Waals surface area contributed by atoms with E-state index in [2.05, 4.69) is 182 Å². The molecule has 0 fully saturated rings. The van der Waals surface area contributed by atoms with Crippen LogP contribution in [-0.4, -0.2) is 13.7 Å². The molecular weight excluding hydrogens is 719 g/mol. The van der Waals surface area contributed by atoms with Crippen LogP contribution in [0, 0.1) is 17.9 Å². The van der Waals surface area contributed by atoms with E-state index in [4.69, 9.17) is 6.57 Å². The first-order valence-electron chi connectivity index (χ1n) is 19.7. The number of benzene rings is 9. The van der Waals surface area contributed by atoms with E-state index < -0.39 is 0 Å². The van der Waals surface area contributed by atoms with Crippen molar-refractivity contribution < 1.29 is 0 Å². The van der Waals surface area contributed by atoms with Gasteiger partial charge in [0.2, 0.25) is 5.69 Å². The number of hydrogen-bond donors (Lipinski definition) is 0. The van der Waals surface area contributed by atoms with Gasteiger partial charge in [0.15, 0.2) is 0 Å². The van der Waals surface area contributed by atoms with Crippen LogP contribution >= 0.6 is 0 Å². The van der Waals surface area contributed by atoms with E-state index in [9.17, 15) is 5.26 Å². The molecular formula is C54H31N5. The van der Waals surface area contributed by atoms with Gasteiger partial charge in [-0.25, -0.2) is 4.85 Å². The van der Waals surface area contributed by atoms with E-state index in [1.165, 1.54) is 0 Å². The number of para-hydroxylation sites is 3. The summed E-state index contributed by atoms with van der Waals surface area (Å²) >= 11 is 0. The number of fused-ring (bicyclic) bond motifs is 11. The molecule has 12 aromatic rings. The maximum atomic E-state index is 11.1. The Morgan fingerprint density at radius 3 is 1.69 bits per heavy atom. The molecule has 272 valence electrons. The van der Waals surface area contributed by atoms with Crippen molar-refractivity contribution in [3.8, 4) is 34.3 Å². The summed E-state index contributed by atoms with van der Waals surface area (Å²) < 4.78 is 6.69. The van der Waals surface area contributed by atoms with E-state index >= 15 is 0 Å². The molecule has 12 rings (SSSR count). The van der Waals surface area contributed by atoms with Gasteiger partial charge in [-0.3, -0.25) is 0 Å². The first-order valence-corrected chi connectivity index (χ1v) is 19.7. The molecule has 0 spiro atoms. The van der Waals surface area contributed by atoms with Crippen molar-refractivity contribution in [2.24, 2.45) is 0 Å². The lowest BCUT2D eigenvalue weighted by molar-refractivity contribution is 1.14. The predicted molar refractivity (Wildman–Crippen MR) is 243 cm³/mol. The van der Waals surface area contributed by atoms with Crippen LogP contribution in [-0.2, 0) is 0 Å². The summed E-state index contributed by atoms with van der Waals surface area (Å²) in [5.41, 5.74) is 11.8. The zero-order valence-electron chi connectivity index (χ0n) is 31.6. The maximum absolute atomic E-state index is 11.1. The highest BCUT2D eigenvalue weighted by atomic mass is 15.0. The Morgan fingerprint density at radius 2 is 0.983 bits per heavy atom. The van der Waals surface area contributed by atoms with Gasteiger partial charge in [-0.1, -0.05) is 121 Å². The highest BCUT2D eigenvalue weighted by Gasteiger charge is 2.23. The van der Waals surface area contributed by atoms with Crippen molar-refractivity contribution in [1.82, 2.24) is 13.7 Å². The number of rotatable bonds is 4. The molecule has 0 atom stereocenters. The van der Waals surface area contributed by atoms with E-state index in [-0.39, 0.29) is 0 Å². The molecule has 0 aliphatic carbocycles. The summed E-state index contributed by atoms with van der Waals surface area (Å²) in [6, 6.07) is 68.1. The maximum Gasteiger partial charge on any atom is 0.212 e. The minimum Gasteiger partial charge on any atom is -0.319 e. The molecule has 5 nitrogen and oxygen atoms in total. The number of nitriles is 1. The molecule has 0 aliphatic rings. The minimum absolute atomic E-state index is 0.463. The highest BCUT2D eigenvalue weighted by molar-refractivity contribution is 6.22. The van der Waals surface area contributed by atoms with Gasteiger partial charge in [0.25, 0.3) is 0 Å². The standard InChI is InChI=1S/C54H31N5/c1-56-45-32-50(58-48-26-25-36(34-14-4-2-5-15-34)28-44(48)54-39-19-9-8-16-35(39)24-27-49(54)58)37(33-55)29-53(45)59-47-23-13-11-21-41(47)43-30-51-42(31-52(43)59)40-20-10-12-22-46(40)57(51)38-17-6-3-7-18-38/h2-32H. The molecule has 0 saturated carbocycles. The third-order valence-corrected chi connectivity index (χ3v) is 12.1. The Balaban J connectivity index is 1.15. The second kappa shape index (κ2) is 12.6. The van der Waals surface area contributed by atoms with E-state index in [1.807, 2.05) is 30.3 Å². The monoisotopic (exact) mass is 749 g/mol. The number of aromatic nitrogens is 3. The van der Waals surface area contributed by atoms with Crippen LogP contribution < -0.4 is 0 Å². The molecule has 5 heteroatoms. The highest BCUT2D eigenvalue weighted by Crippen LogP contribution is 2.44. The van der Waals surface area contributed by atoms with Gasteiger partial charge >= 0.3 is 0 Å². The molecule has 9 aromatic carbocycles. The largest absolute Gasteiger partial charge is 0.319 e. The Kier molecular flexibility index (Phi) is 6.99. The van der Waals surface area contributed by atoms with Gasteiger partial charge < -0.3 is 13.7 Å². The molecule has 0 amide bonds. The average Bonchev–Trinajstić information content (AvgIpc) is 3.93. The van der Waals surface area contributed by atoms with Gasteiger partial charge in [0, 0.05) is 38.0 Å². The second-order valence-corrected chi connectivity index (χ2v) is 15.1. The minimum atomic E-state index is 0.463. The molecule has 0 saturated heterocycles. The molecule has 0 N–H and O–H groups in total. The van der Waals surface area contributed by atoms with Gasteiger partial charge in [0.05, 0.1) is 56.6 Å². The van der Waals surface area contributed by atoms with E-state index in [0.29, 0.717) is 22.6 Å². The molecule has 0 aliphatic heterocycles. The van der Waals surface area contributed by atoms with Crippen LogP contribution in [0.1, 0.15) is 5.56 Å². The van der Waals surface area contributed by atoms with Crippen LogP contribution in [0.3, 0.4) is 0 Å². The van der Waals surface area contributed by atoms with E-state index in [0.717, 1.165) is 93.0 Å². The summed E-state index contributed by atoms with van der Waals surface area (Å²) in [5.74, 6) is 0. The molecule has 3 heterocycles. The molecule has 59 heavy (non-hydrogen) atoms. The SMILES string of the molecule is [C-]#[N+]c1cc(-n2c3ccc(-c4ccccc4)cc3c3c4ccccc4ccc32)c(C#N)cc1-n1c2ccccc2c2cc3c(cc21)c1ccccc1n3-c1ccccc1. The average molecular weight is 750 g/mol. The van der Waals surface area contributed by atoms with Crippen molar-refractivity contribution in [3.05, 3.63) is 205 Å². The number of nitrogens with zero attached hydrogens (tertiary/aromatic N) is 5. The van der Waals surface area contributed by atoms with Crippen LogP contribution in [0.4, 0.5) is 5.69 Å². The molecule has 0 bridgehead atoms. The fraction of sp³-hybridized carbons (Fsp3) is 0. The zero-order valence-corrected chi connectivity index (χ0v) is 31.6. The summed E-state index contributed by atoms with van der Waals surface area (Å²) in [6.45, 7) is 8.66. The lowest BCUT2D eigenvalue weighted by Crippen LogP contribution is -2.01. The van der Waals surface area contributed by atoms with Gasteiger partial charge in [0.1, 0.15) is 6.07 Å². The fourth-order valence-corrected chi connectivity index (χ4v) is 9.51. The van der Waals surface area contributed by atoms with Crippen LogP contribution in [0.25, 0.3) is 109 Å². The van der Waals surface area contributed by atoms with Gasteiger partial charge in [-0.15, -0.1) is 0 Å². The fourth-order valence-electron chi connectivity index (χ4n) is 9.51. The first-order chi connectivity index (χ1) is 29.2. The summed E-state index contributed by atoms with van der Waals surface area (Å²) in [7, 11) is 0. The Labute approximate surface area is 338 Å². The topological polar surface area (TPSA) is 42.9 Å². The lowest BCUT2D eigenvalue weighted by Gasteiger charge is -2.16. The van der Waals surface area contributed by atoms with Crippen molar-refractivity contribution in [3.63, 3.8) is 0 Å². The third-order valence-electron chi connectivity index (χ3n) is 12.1. The Morgan fingerprint density at radius 1 is 0.407 bits per heavy atom. The second-order valence-electron chi connectivity index (χ2n) is 15.1. The zero-order chi connectivity index (χ0) is 39.2. The summed E-state index contributed by atoms with van der Waals surface area (Å²) in [5, 5.41) is 20.0. The normalized spacial score (nSPS) is 11.7. The van der Waals surface area contributed by atoms with Crippen molar-refractivity contribution in [1.29, 1.82) is 5.26 Å². The van der Waals surface area contributed by atoms with E-state index in [1.54, 1.807) is 0 Å². The Hall–Kier alpha value is -8.38. The van der Waals surface area contributed by atoms with Crippen molar-refractivity contribution >= 4 is 81.9 Å². The predicted octanol–water partition coefficient (Wildman–Crippen LogP) is 14.2. The van der Waals surface area contributed by atoms with Crippen LogP contribution in [0.5, 0.6) is 0 Å². The smallest absolute Gasteiger partial charge is 0.212 e. The van der Waals surface area contributed by atoms with Gasteiger partial charge in [-0.2, -0.15) is 5.26 Å². The summed E-state index contributed by atoms with van der Waals surface area (Å²) in [4.78, 5) is 4.21. The van der Waals surface area contributed by atoms with Crippen LogP contribution in [0.15, 0.2) is 188 Å². The first kappa shape index (κ1) is 32.8. The lowest BCUT2D eigenvalue weighted by atomic mass is 10.0. The van der Waals surface area contributed by atoms with Crippen molar-refractivity contribution in [2.75, 3.05) is 0 Å². The Bertz CT molecular complexity index is 3790. The van der Waals surface area contributed by atoms with Crippen molar-refractivity contribution in [2.45, 2.75) is 0 Å². The molecule has 3 aromatic heterocycles. The summed E-state index contributed by atoms with van der Waals surface area (Å²) in [6.07, 6.45) is 0. The van der Waals surface area contributed by atoms with Gasteiger partial charge in [-0.05, 0) is 88.6 Å². The molecule has 0 radical (unpaired) electrons. The third kappa shape index (κ3) is 4.71. The van der Waals surface area contributed by atoms with Crippen LogP contribution in [0.2, 0.25) is 0 Å².